The molecular formula is C12H17BrClN3. The van der Waals surface area contributed by atoms with Gasteiger partial charge in [0.05, 0.1) is 5.02 Å². The molecule has 0 amide bonds. The van der Waals surface area contributed by atoms with Crippen molar-refractivity contribution in [3.8, 4) is 0 Å². The van der Waals surface area contributed by atoms with Gasteiger partial charge in [0.1, 0.15) is 5.82 Å². The summed E-state index contributed by atoms with van der Waals surface area (Å²) < 4.78 is 0.903. The highest BCUT2D eigenvalue weighted by Crippen LogP contribution is 2.28. The predicted molar refractivity (Wildman–Crippen MR) is 75.4 cm³/mol. The van der Waals surface area contributed by atoms with E-state index in [1.54, 1.807) is 6.20 Å². The van der Waals surface area contributed by atoms with Crippen LogP contribution in [0.3, 0.4) is 0 Å². The molecule has 0 bridgehead atoms. The molecule has 94 valence electrons. The molecule has 1 saturated carbocycles. The smallest absolute Gasteiger partial charge is 0.145 e. The summed E-state index contributed by atoms with van der Waals surface area (Å²) in [5.41, 5.74) is 5.68. The van der Waals surface area contributed by atoms with E-state index >= 15 is 0 Å². The first-order chi connectivity index (χ1) is 8.19. The molecule has 1 heterocycles. The van der Waals surface area contributed by atoms with Crippen molar-refractivity contribution in [1.82, 2.24) is 4.98 Å². The molecular weight excluding hydrogens is 302 g/mol. The van der Waals surface area contributed by atoms with E-state index in [1.165, 1.54) is 12.8 Å². The first kappa shape index (κ1) is 13.1. The highest BCUT2D eigenvalue weighted by Gasteiger charge is 2.20. The Hall–Kier alpha value is -0.320. The maximum Gasteiger partial charge on any atom is 0.145 e. The number of hydrogen-bond donors (Lipinski definition) is 2. The van der Waals surface area contributed by atoms with E-state index in [0.29, 0.717) is 17.0 Å². The van der Waals surface area contributed by atoms with Gasteiger partial charge in [-0.05, 0) is 60.1 Å². The topological polar surface area (TPSA) is 50.9 Å². The lowest BCUT2D eigenvalue weighted by Gasteiger charge is -2.28. The van der Waals surface area contributed by atoms with E-state index < -0.39 is 0 Å². The largest absolute Gasteiger partial charge is 0.366 e. The van der Waals surface area contributed by atoms with Crippen LogP contribution >= 0.6 is 27.5 Å². The Morgan fingerprint density at radius 2 is 2.12 bits per heavy atom. The number of nitrogens with two attached hydrogens (primary N) is 1. The zero-order valence-corrected chi connectivity index (χ0v) is 12.0. The lowest BCUT2D eigenvalue weighted by atomic mass is 9.86. The summed E-state index contributed by atoms with van der Waals surface area (Å²) in [6.07, 6.45) is 6.45. The van der Waals surface area contributed by atoms with E-state index in [0.717, 1.165) is 29.7 Å². The van der Waals surface area contributed by atoms with Crippen LogP contribution in [-0.4, -0.2) is 17.6 Å². The molecule has 2 rings (SSSR count). The molecule has 1 aliphatic carbocycles. The highest BCUT2D eigenvalue weighted by atomic mass is 79.9. The molecule has 0 radical (unpaired) electrons. The number of nitrogens with zero attached hydrogens (tertiary/aromatic N) is 1. The molecule has 1 fully saturated rings. The van der Waals surface area contributed by atoms with Crippen LogP contribution in [0.1, 0.15) is 25.7 Å². The van der Waals surface area contributed by atoms with Gasteiger partial charge in [-0.1, -0.05) is 11.6 Å². The van der Waals surface area contributed by atoms with Crippen LogP contribution in [0.15, 0.2) is 16.7 Å². The summed E-state index contributed by atoms with van der Waals surface area (Å²) in [6, 6.07) is 2.34. The third-order valence-corrected chi connectivity index (χ3v) is 4.05. The fraction of sp³-hybridized carbons (Fsp3) is 0.583. The van der Waals surface area contributed by atoms with Crippen LogP contribution in [0.5, 0.6) is 0 Å². The van der Waals surface area contributed by atoms with Gasteiger partial charge < -0.3 is 11.1 Å². The first-order valence-corrected chi connectivity index (χ1v) is 7.13. The molecule has 5 heteroatoms. The SMILES string of the molecule is NCC1CCC(Nc2ncc(Br)cc2Cl)CC1. The Labute approximate surface area is 115 Å². The van der Waals surface area contributed by atoms with Gasteiger partial charge in [-0.25, -0.2) is 4.98 Å². The standard InChI is InChI=1S/C12H17BrClN3/c13-9-5-11(14)12(16-7-9)17-10-3-1-8(6-15)2-4-10/h5,7-8,10H,1-4,6,15H2,(H,16,17). The number of rotatable bonds is 3. The molecule has 0 saturated heterocycles. The summed E-state index contributed by atoms with van der Waals surface area (Å²) >= 11 is 9.48. The molecule has 1 aromatic heterocycles. The average Bonchev–Trinajstić information content (AvgIpc) is 2.34. The fourth-order valence-electron chi connectivity index (χ4n) is 2.26. The van der Waals surface area contributed by atoms with Gasteiger partial charge in [-0.15, -0.1) is 0 Å². The molecule has 0 atom stereocenters. The highest BCUT2D eigenvalue weighted by molar-refractivity contribution is 9.10. The average molecular weight is 319 g/mol. The van der Waals surface area contributed by atoms with Gasteiger partial charge in [0.15, 0.2) is 0 Å². The van der Waals surface area contributed by atoms with Crippen molar-refractivity contribution in [3.63, 3.8) is 0 Å². The third kappa shape index (κ3) is 3.57. The molecule has 1 aromatic rings. The van der Waals surface area contributed by atoms with E-state index in [-0.39, 0.29) is 0 Å². The minimum atomic E-state index is 0.476. The number of hydrogen-bond acceptors (Lipinski definition) is 3. The van der Waals surface area contributed by atoms with E-state index in [2.05, 4.69) is 26.2 Å². The van der Waals surface area contributed by atoms with Gasteiger partial charge in [-0.3, -0.25) is 0 Å². The molecule has 0 aliphatic heterocycles. The maximum atomic E-state index is 6.13. The third-order valence-electron chi connectivity index (χ3n) is 3.33. The van der Waals surface area contributed by atoms with Crippen LogP contribution in [0.4, 0.5) is 5.82 Å². The minimum absolute atomic E-state index is 0.476. The number of halogens is 2. The lowest BCUT2D eigenvalue weighted by molar-refractivity contribution is 0.344. The molecule has 3 N–H and O–H groups in total. The second kappa shape index (κ2) is 6.03. The summed E-state index contributed by atoms with van der Waals surface area (Å²) in [5.74, 6) is 1.48. The predicted octanol–water partition coefficient (Wildman–Crippen LogP) is 3.43. The summed E-state index contributed by atoms with van der Waals surface area (Å²) in [7, 11) is 0. The zero-order chi connectivity index (χ0) is 12.3. The fourth-order valence-corrected chi connectivity index (χ4v) is 2.94. The second-order valence-corrected chi connectivity index (χ2v) is 5.90. The Balaban J connectivity index is 1.93. The van der Waals surface area contributed by atoms with Crippen LogP contribution in [0.2, 0.25) is 5.02 Å². The number of anilines is 1. The molecule has 0 aromatic carbocycles. The van der Waals surface area contributed by atoms with Crippen molar-refractivity contribution < 1.29 is 0 Å². The summed E-state index contributed by atoms with van der Waals surface area (Å²) in [5, 5.41) is 4.08. The van der Waals surface area contributed by atoms with E-state index in [9.17, 15) is 0 Å². The number of aromatic nitrogens is 1. The van der Waals surface area contributed by atoms with Crippen LogP contribution in [-0.2, 0) is 0 Å². The molecule has 0 unspecified atom stereocenters. The van der Waals surface area contributed by atoms with Crippen LogP contribution in [0, 0.1) is 5.92 Å². The van der Waals surface area contributed by atoms with E-state index in [1.807, 2.05) is 6.07 Å². The van der Waals surface area contributed by atoms with Gasteiger partial charge >= 0.3 is 0 Å². The Bertz CT molecular complexity index is 378. The minimum Gasteiger partial charge on any atom is -0.366 e. The molecule has 0 spiro atoms. The van der Waals surface area contributed by atoms with Crippen molar-refractivity contribution in [2.75, 3.05) is 11.9 Å². The molecule has 1 aliphatic rings. The van der Waals surface area contributed by atoms with Crippen molar-refractivity contribution >= 4 is 33.3 Å². The monoisotopic (exact) mass is 317 g/mol. The van der Waals surface area contributed by atoms with Gasteiger partial charge in [0.25, 0.3) is 0 Å². The number of pyridine rings is 1. The summed E-state index contributed by atoms with van der Waals surface area (Å²) in [6.45, 7) is 0.810. The number of nitrogens with one attached hydrogen (secondary N) is 1. The van der Waals surface area contributed by atoms with Gasteiger partial charge in [0.2, 0.25) is 0 Å². The van der Waals surface area contributed by atoms with Crippen molar-refractivity contribution in [3.05, 3.63) is 21.8 Å². The quantitative estimate of drug-likeness (QED) is 0.898. The van der Waals surface area contributed by atoms with Gasteiger partial charge in [-0.2, -0.15) is 0 Å². The molecule has 3 nitrogen and oxygen atoms in total. The Morgan fingerprint density at radius 1 is 1.41 bits per heavy atom. The van der Waals surface area contributed by atoms with Crippen LogP contribution in [0.25, 0.3) is 0 Å². The van der Waals surface area contributed by atoms with Crippen molar-refractivity contribution in [2.24, 2.45) is 11.7 Å². The Kier molecular flexibility index (Phi) is 4.65. The second-order valence-electron chi connectivity index (χ2n) is 4.58. The molecule has 17 heavy (non-hydrogen) atoms. The van der Waals surface area contributed by atoms with E-state index in [4.69, 9.17) is 17.3 Å². The van der Waals surface area contributed by atoms with Gasteiger partial charge in [0, 0.05) is 16.7 Å². The Morgan fingerprint density at radius 3 is 2.71 bits per heavy atom. The van der Waals surface area contributed by atoms with Crippen molar-refractivity contribution in [1.29, 1.82) is 0 Å². The lowest BCUT2D eigenvalue weighted by Crippen LogP contribution is -2.29. The van der Waals surface area contributed by atoms with Crippen LogP contribution < -0.4 is 11.1 Å². The normalized spacial score (nSPS) is 24.6. The summed E-state index contributed by atoms with van der Waals surface area (Å²) in [4.78, 5) is 4.30. The maximum absolute atomic E-state index is 6.13. The zero-order valence-electron chi connectivity index (χ0n) is 9.63. The first-order valence-electron chi connectivity index (χ1n) is 5.96. The van der Waals surface area contributed by atoms with Crippen molar-refractivity contribution in [2.45, 2.75) is 31.7 Å².